The molecule has 1 saturated heterocycles. The average molecular weight is 249 g/mol. The van der Waals surface area contributed by atoms with Gasteiger partial charge in [0.1, 0.15) is 0 Å². The topological polar surface area (TPSA) is 58.4 Å². The Hall–Kier alpha value is -1.62. The molecule has 0 bridgehead atoms. The highest BCUT2D eigenvalue weighted by molar-refractivity contribution is 5.55. The van der Waals surface area contributed by atoms with E-state index in [0.29, 0.717) is 17.6 Å². The number of aryl methyl sites for hydroxylation is 1. The largest absolute Gasteiger partial charge is 0.381 e. The zero-order valence-corrected chi connectivity index (χ0v) is 11.0. The highest BCUT2D eigenvalue weighted by Crippen LogP contribution is 2.25. The van der Waals surface area contributed by atoms with Crippen LogP contribution in [0.3, 0.4) is 0 Å². The van der Waals surface area contributed by atoms with Gasteiger partial charge in [-0.25, -0.2) is 0 Å². The Balaban J connectivity index is 2.11. The summed E-state index contributed by atoms with van der Waals surface area (Å²) < 4.78 is 0. The van der Waals surface area contributed by atoms with E-state index < -0.39 is 0 Å². The summed E-state index contributed by atoms with van der Waals surface area (Å²) >= 11 is 0. The lowest BCUT2D eigenvalue weighted by atomic mass is 10.1. The molecule has 5 heteroatoms. The van der Waals surface area contributed by atoms with Crippen LogP contribution in [0.15, 0.2) is 18.2 Å². The van der Waals surface area contributed by atoms with E-state index in [4.69, 9.17) is 0 Å². The summed E-state index contributed by atoms with van der Waals surface area (Å²) in [7, 11) is 2.10. The normalized spacial score (nSPS) is 24.2. The van der Waals surface area contributed by atoms with Gasteiger partial charge >= 0.3 is 0 Å². The maximum atomic E-state index is 10.9. The van der Waals surface area contributed by atoms with E-state index in [1.54, 1.807) is 19.1 Å². The molecule has 0 saturated carbocycles. The van der Waals surface area contributed by atoms with Gasteiger partial charge in [-0.15, -0.1) is 0 Å². The third-order valence-electron chi connectivity index (χ3n) is 3.66. The van der Waals surface area contributed by atoms with Crippen molar-refractivity contribution in [2.24, 2.45) is 0 Å². The minimum Gasteiger partial charge on any atom is -0.381 e. The van der Waals surface area contributed by atoms with Crippen LogP contribution < -0.4 is 5.32 Å². The van der Waals surface area contributed by atoms with Crippen molar-refractivity contribution in [2.75, 3.05) is 18.9 Å². The number of hydrogen-bond acceptors (Lipinski definition) is 4. The summed E-state index contributed by atoms with van der Waals surface area (Å²) in [5.41, 5.74) is 1.71. The molecule has 1 aliphatic rings. The minimum absolute atomic E-state index is 0.180. The molecule has 1 aromatic carbocycles. The van der Waals surface area contributed by atoms with Gasteiger partial charge in [0.25, 0.3) is 5.69 Å². The number of hydrogen-bond donors (Lipinski definition) is 1. The molecule has 2 atom stereocenters. The third-order valence-corrected chi connectivity index (χ3v) is 3.66. The van der Waals surface area contributed by atoms with Gasteiger partial charge in [-0.05, 0) is 33.4 Å². The fourth-order valence-corrected chi connectivity index (χ4v) is 2.43. The predicted octanol–water partition coefficient (Wildman–Crippen LogP) is 2.41. The molecule has 1 aromatic rings. The number of nitrogens with zero attached hydrogens (tertiary/aromatic N) is 2. The average Bonchev–Trinajstić information content (AvgIpc) is 2.60. The first-order valence-corrected chi connectivity index (χ1v) is 6.19. The van der Waals surface area contributed by atoms with Gasteiger partial charge < -0.3 is 10.2 Å². The second-order valence-electron chi connectivity index (χ2n) is 5.12. The number of nitro groups is 1. The van der Waals surface area contributed by atoms with Crippen molar-refractivity contribution in [3.05, 3.63) is 33.9 Å². The first kappa shape index (κ1) is 12.8. The molecule has 98 valence electrons. The van der Waals surface area contributed by atoms with Crippen LogP contribution in [0.5, 0.6) is 0 Å². The second kappa shape index (κ2) is 4.94. The zero-order chi connectivity index (χ0) is 13.3. The molecular formula is C13H19N3O2. The summed E-state index contributed by atoms with van der Waals surface area (Å²) in [6.45, 7) is 4.93. The standard InChI is InChI=1S/C13H19N3O2/c1-9-4-5-11(7-13(9)16(17)18)14-12-6-10(2)15(3)8-12/h4-5,7,10,12,14H,6,8H2,1-3H3. The van der Waals surface area contributed by atoms with E-state index in [0.717, 1.165) is 18.7 Å². The van der Waals surface area contributed by atoms with E-state index in [1.165, 1.54) is 0 Å². The highest BCUT2D eigenvalue weighted by Gasteiger charge is 2.26. The maximum absolute atomic E-state index is 10.9. The zero-order valence-electron chi connectivity index (χ0n) is 11.0. The van der Waals surface area contributed by atoms with Crippen molar-refractivity contribution in [3.8, 4) is 0 Å². The van der Waals surface area contributed by atoms with E-state index in [-0.39, 0.29) is 10.6 Å². The van der Waals surface area contributed by atoms with Gasteiger partial charge in [-0.3, -0.25) is 10.1 Å². The van der Waals surface area contributed by atoms with E-state index >= 15 is 0 Å². The number of anilines is 1. The summed E-state index contributed by atoms with van der Waals surface area (Å²) in [4.78, 5) is 12.8. The molecule has 1 N–H and O–H groups in total. The van der Waals surface area contributed by atoms with Gasteiger partial charge in [0.15, 0.2) is 0 Å². The van der Waals surface area contributed by atoms with Crippen LogP contribution in [0.4, 0.5) is 11.4 Å². The molecule has 2 rings (SSSR count). The van der Waals surface area contributed by atoms with E-state index in [2.05, 4.69) is 24.2 Å². The molecule has 1 fully saturated rings. The van der Waals surface area contributed by atoms with Crippen molar-refractivity contribution in [1.82, 2.24) is 4.90 Å². The summed E-state index contributed by atoms with van der Waals surface area (Å²) in [5, 5.41) is 14.3. The van der Waals surface area contributed by atoms with Crippen molar-refractivity contribution < 1.29 is 4.92 Å². The Bertz CT molecular complexity index is 452. The Morgan fingerprint density at radius 3 is 2.78 bits per heavy atom. The molecule has 1 heterocycles. The summed E-state index contributed by atoms with van der Waals surface area (Å²) in [6.07, 6.45) is 1.07. The monoisotopic (exact) mass is 249 g/mol. The van der Waals surface area contributed by atoms with Crippen molar-refractivity contribution in [3.63, 3.8) is 0 Å². The van der Waals surface area contributed by atoms with E-state index in [1.807, 2.05) is 6.07 Å². The van der Waals surface area contributed by atoms with E-state index in [9.17, 15) is 10.1 Å². The number of nitro benzene ring substituents is 1. The lowest BCUT2D eigenvalue weighted by molar-refractivity contribution is -0.385. The number of likely N-dealkylation sites (tertiary alicyclic amines) is 1. The van der Waals surface area contributed by atoms with Crippen molar-refractivity contribution >= 4 is 11.4 Å². The smallest absolute Gasteiger partial charge is 0.274 e. The Kier molecular flexibility index (Phi) is 3.52. The van der Waals surface area contributed by atoms with Crippen LogP contribution >= 0.6 is 0 Å². The van der Waals surface area contributed by atoms with Gasteiger partial charge in [-0.1, -0.05) is 6.07 Å². The van der Waals surface area contributed by atoms with Crippen LogP contribution in [-0.4, -0.2) is 35.5 Å². The number of rotatable bonds is 3. The molecule has 5 nitrogen and oxygen atoms in total. The maximum Gasteiger partial charge on any atom is 0.274 e. The highest BCUT2D eigenvalue weighted by atomic mass is 16.6. The number of benzene rings is 1. The van der Waals surface area contributed by atoms with Gasteiger partial charge in [-0.2, -0.15) is 0 Å². The third kappa shape index (κ3) is 2.61. The minimum atomic E-state index is -0.329. The van der Waals surface area contributed by atoms with Crippen LogP contribution in [0, 0.1) is 17.0 Å². The quantitative estimate of drug-likeness (QED) is 0.660. The van der Waals surface area contributed by atoms with Crippen molar-refractivity contribution in [2.45, 2.75) is 32.4 Å². The summed E-state index contributed by atoms with van der Waals surface area (Å²) in [6, 6.07) is 6.25. The first-order valence-electron chi connectivity index (χ1n) is 6.19. The fraction of sp³-hybridized carbons (Fsp3) is 0.538. The molecule has 0 aliphatic carbocycles. The van der Waals surface area contributed by atoms with Gasteiger partial charge in [0, 0.05) is 35.9 Å². The summed E-state index contributed by atoms with van der Waals surface area (Å²) in [5.74, 6) is 0. The molecule has 0 aromatic heterocycles. The van der Waals surface area contributed by atoms with Crippen molar-refractivity contribution in [1.29, 1.82) is 0 Å². The second-order valence-corrected chi connectivity index (χ2v) is 5.12. The number of nitrogens with one attached hydrogen (secondary N) is 1. The van der Waals surface area contributed by atoms with Gasteiger partial charge in [0.2, 0.25) is 0 Å². The lowest BCUT2D eigenvalue weighted by Crippen LogP contribution is -2.24. The molecule has 18 heavy (non-hydrogen) atoms. The Morgan fingerprint density at radius 1 is 1.50 bits per heavy atom. The Labute approximate surface area is 107 Å². The molecule has 0 radical (unpaired) electrons. The molecule has 0 amide bonds. The lowest BCUT2D eigenvalue weighted by Gasteiger charge is -2.14. The Morgan fingerprint density at radius 2 is 2.22 bits per heavy atom. The molecular weight excluding hydrogens is 230 g/mol. The van der Waals surface area contributed by atoms with Crippen LogP contribution in [0.25, 0.3) is 0 Å². The van der Waals surface area contributed by atoms with Gasteiger partial charge in [0.05, 0.1) is 4.92 Å². The SMILES string of the molecule is Cc1ccc(NC2CC(C)N(C)C2)cc1[N+](=O)[O-]. The van der Waals surface area contributed by atoms with Crippen LogP contribution in [0.2, 0.25) is 0 Å². The molecule has 0 spiro atoms. The van der Waals surface area contributed by atoms with Crippen LogP contribution in [-0.2, 0) is 0 Å². The number of likely N-dealkylation sites (N-methyl/N-ethyl adjacent to an activating group) is 1. The first-order chi connectivity index (χ1) is 8.47. The fourth-order valence-electron chi connectivity index (χ4n) is 2.43. The predicted molar refractivity (Wildman–Crippen MR) is 72.0 cm³/mol. The molecule has 2 unspecified atom stereocenters. The molecule has 1 aliphatic heterocycles. The van der Waals surface area contributed by atoms with Crippen LogP contribution in [0.1, 0.15) is 18.9 Å².